The van der Waals surface area contributed by atoms with Gasteiger partial charge in [-0.3, -0.25) is 9.55 Å². The molecule has 4 nitrogen and oxygen atoms in total. The van der Waals surface area contributed by atoms with Crippen LogP contribution < -0.4 is 0 Å². The Labute approximate surface area is 147 Å². The Bertz CT molecular complexity index is 985. The maximum atomic E-state index is 9.50. The average Bonchev–Trinajstić information content (AvgIpc) is 3.20. The fourth-order valence-corrected chi connectivity index (χ4v) is 4.07. The lowest BCUT2D eigenvalue weighted by molar-refractivity contribution is 0.720. The van der Waals surface area contributed by atoms with Crippen LogP contribution in [-0.4, -0.2) is 14.5 Å². The first-order valence-electron chi connectivity index (χ1n) is 9.22. The van der Waals surface area contributed by atoms with Gasteiger partial charge in [0.15, 0.2) is 5.65 Å². The lowest BCUT2D eigenvalue weighted by Crippen LogP contribution is -2.02. The smallest absolute Gasteiger partial charge is 0.163 e. The second-order valence-electron chi connectivity index (χ2n) is 7.33. The fourth-order valence-electron chi connectivity index (χ4n) is 4.07. The summed E-state index contributed by atoms with van der Waals surface area (Å²) < 4.78 is 2.12. The summed E-state index contributed by atoms with van der Waals surface area (Å²) >= 11 is 0. The Morgan fingerprint density at radius 2 is 1.88 bits per heavy atom. The van der Waals surface area contributed by atoms with Crippen molar-refractivity contribution >= 4 is 11.2 Å². The van der Waals surface area contributed by atoms with Crippen LogP contribution in [0, 0.1) is 11.3 Å². The van der Waals surface area contributed by atoms with Gasteiger partial charge in [-0.1, -0.05) is 12.8 Å². The van der Waals surface area contributed by atoms with E-state index >= 15 is 0 Å². The molecule has 0 N–H and O–H groups in total. The highest BCUT2D eigenvalue weighted by Gasteiger charge is 2.26. The van der Waals surface area contributed by atoms with E-state index in [0.29, 0.717) is 11.8 Å². The van der Waals surface area contributed by atoms with E-state index in [-0.39, 0.29) is 0 Å². The Morgan fingerprint density at radius 3 is 2.64 bits per heavy atom. The van der Waals surface area contributed by atoms with E-state index in [1.807, 2.05) is 30.6 Å². The monoisotopic (exact) mass is 328 g/mol. The van der Waals surface area contributed by atoms with Crippen molar-refractivity contribution in [2.75, 3.05) is 0 Å². The highest BCUT2D eigenvalue weighted by atomic mass is 15.1. The topological polar surface area (TPSA) is 54.5 Å². The van der Waals surface area contributed by atoms with Crippen molar-refractivity contribution in [1.29, 1.82) is 5.26 Å². The number of hydrogen-bond acceptors (Lipinski definition) is 3. The maximum absolute atomic E-state index is 9.50. The molecule has 2 aliphatic carbocycles. The van der Waals surface area contributed by atoms with Gasteiger partial charge in [0.2, 0.25) is 0 Å². The van der Waals surface area contributed by atoms with Crippen molar-refractivity contribution < 1.29 is 0 Å². The molecule has 0 spiro atoms. The van der Waals surface area contributed by atoms with E-state index in [0.717, 1.165) is 28.1 Å². The number of fused-ring (bicyclic) bond motifs is 1. The van der Waals surface area contributed by atoms with E-state index in [1.54, 1.807) is 0 Å². The summed E-state index contributed by atoms with van der Waals surface area (Å²) in [6.07, 6.45) is 11.3. The van der Waals surface area contributed by atoms with E-state index in [2.05, 4.69) is 21.7 Å². The first-order chi connectivity index (χ1) is 12.3. The summed E-state index contributed by atoms with van der Waals surface area (Å²) in [5.74, 6) is 1.11. The van der Waals surface area contributed by atoms with Gasteiger partial charge in [-0.05, 0) is 61.4 Å². The highest BCUT2D eigenvalue weighted by molar-refractivity contribution is 5.74. The quantitative estimate of drug-likeness (QED) is 0.692. The molecule has 0 unspecified atom stereocenters. The summed E-state index contributed by atoms with van der Waals surface area (Å²) in [6.45, 7) is 0. The third-order valence-corrected chi connectivity index (χ3v) is 5.63. The first-order valence-corrected chi connectivity index (χ1v) is 9.22. The third kappa shape index (κ3) is 2.51. The lowest BCUT2D eigenvalue weighted by atomic mass is 9.93. The predicted molar refractivity (Wildman–Crippen MR) is 96.8 cm³/mol. The minimum Gasteiger partial charge on any atom is -0.300 e. The second kappa shape index (κ2) is 5.70. The van der Waals surface area contributed by atoms with Gasteiger partial charge in [-0.25, -0.2) is 4.98 Å². The van der Waals surface area contributed by atoms with Crippen molar-refractivity contribution in [3.05, 3.63) is 53.5 Å². The Kier molecular flexibility index (Phi) is 3.34. The van der Waals surface area contributed by atoms with Crippen LogP contribution in [0.5, 0.6) is 0 Å². The van der Waals surface area contributed by atoms with Gasteiger partial charge in [0.05, 0.1) is 17.3 Å². The van der Waals surface area contributed by atoms with E-state index in [1.165, 1.54) is 44.1 Å². The van der Waals surface area contributed by atoms with E-state index in [9.17, 15) is 5.26 Å². The average molecular weight is 328 g/mol. The fraction of sp³-hybridized carbons (Fsp3) is 0.381. The summed E-state index contributed by atoms with van der Waals surface area (Å²) in [5, 5.41) is 9.50. The molecule has 5 rings (SSSR count). The molecular weight excluding hydrogens is 308 g/mol. The summed E-state index contributed by atoms with van der Waals surface area (Å²) in [4.78, 5) is 9.47. The molecule has 1 aromatic carbocycles. The van der Waals surface area contributed by atoms with Gasteiger partial charge in [0.1, 0.15) is 5.52 Å². The molecule has 25 heavy (non-hydrogen) atoms. The molecular formula is C21H20N4. The van der Waals surface area contributed by atoms with Gasteiger partial charge in [0.25, 0.3) is 0 Å². The zero-order chi connectivity index (χ0) is 16.8. The predicted octanol–water partition coefficient (Wildman–Crippen LogP) is 4.83. The van der Waals surface area contributed by atoms with Crippen LogP contribution in [0.2, 0.25) is 0 Å². The van der Waals surface area contributed by atoms with Crippen molar-refractivity contribution in [3.63, 3.8) is 0 Å². The molecule has 0 amide bonds. The van der Waals surface area contributed by atoms with Crippen LogP contribution in [0.25, 0.3) is 16.9 Å². The van der Waals surface area contributed by atoms with E-state index in [4.69, 9.17) is 4.98 Å². The molecule has 0 bridgehead atoms. The molecule has 2 aromatic heterocycles. The summed E-state index contributed by atoms with van der Waals surface area (Å²) in [6, 6.07) is 10.6. The summed E-state index contributed by atoms with van der Waals surface area (Å²) in [7, 11) is 0. The minimum absolute atomic E-state index is 0.518. The number of aromatic nitrogens is 3. The number of rotatable bonds is 3. The van der Waals surface area contributed by atoms with Gasteiger partial charge in [-0.15, -0.1) is 0 Å². The number of benzene rings is 1. The molecule has 124 valence electrons. The van der Waals surface area contributed by atoms with Gasteiger partial charge < -0.3 is 0 Å². The molecule has 0 atom stereocenters. The molecule has 0 saturated heterocycles. The van der Waals surface area contributed by atoms with Gasteiger partial charge in [-0.2, -0.15) is 5.26 Å². The van der Waals surface area contributed by atoms with Gasteiger partial charge >= 0.3 is 0 Å². The van der Waals surface area contributed by atoms with Crippen LogP contribution in [0.4, 0.5) is 0 Å². The largest absolute Gasteiger partial charge is 0.300 e. The molecule has 4 heteroatoms. The Balaban J connectivity index is 1.63. The van der Waals surface area contributed by atoms with Crippen molar-refractivity contribution in [3.8, 4) is 11.8 Å². The molecule has 2 fully saturated rings. The highest BCUT2D eigenvalue weighted by Crippen LogP contribution is 2.39. The van der Waals surface area contributed by atoms with Crippen LogP contribution in [-0.2, 0) is 0 Å². The molecule has 2 aliphatic rings. The standard InChI is InChI=1S/C21H20N4/c22-12-16-7-8-17(11-18(16)14-3-1-2-4-14)25-10-9-19-21(25)24-20(13-23-19)15-5-6-15/h7-11,13-15H,1-6H2. The minimum atomic E-state index is 0.518. The third-order valence-electron chi connectivity index (χ3n) is 5.63. The molecule has 2 saturated carbocycles. The number of nitriles is 1. The summed E-state index contributed by atoms with van der Waals surface area (Å²) in [5.41, 5.74) is 6.06. The zero-order valence-electron chi connectivity index (χ0n) is 14.2. The maximum Gasteiger partial charge on any atom is 0.163 e. The number of nitrogens with zero attached hydrogens (tertiary/aromatic N) is 4. The van der Waals surface area contributed by atoms with Crippen molar-refractivity contribution in [1.82, 2.24) is 14.5 Å². The molecule has 2 heterocycles. The van der Waals surface area contributed by atoms with Gasteiger partial charge in [0, 0.05) is 24.0 Å². The zero-order valence-corrected chi connectivity index (χ0v) is 14.2. The normalized spacial score (nSPS) is 17.9. The first kappa shape index (κ1) is 14.7. The molecule has 0 aliphatic heterocycles. The Morgan fingerprint density at radius 1 is 1.04 bits per heavy atom. The van der Waals surface area contributed by atoms with E-state index < -0.39 is 0 Å². The second-order valence-corrected chi connectivity index (χ2v) is 7.33. The lowest BCUT2D eigenvalue weighted by Gasteiger charge is -2.14. The van der Waals surface area contributed by atoms with Crippen LogP contribution in [0.15, 0.2) is 36.7 Å². The van der Waals surface area contributed by atoms with Crippen molar-refractivity contribution in [2.45, 2.75) is 50.4 Å². The van der Waals surface area contributed by atoms with Crippen LogP contribution in [0.3, 0.4) is 0 Å². The Hall–Kier alpha value is -2.67. The number of hydrogen-bond donors (Lipinski definition) is 0. The van der Waals surface area contributed by atoms with Crippen LogP contribution in [0.1, 0.15) is 67.2 Å². The van der Waals surface area contributed by atoms with Crippen molar-refractivity contribution in [2.24, 2.45) is 0 Å². The van der Waals surface area contributed by atoms with Crippen LogP contribution >= 0.6 is 0 Å². The molecule has 3 aromatic rings. The molecule has 0 radical (unpaired) electrons. The SMILES string of the molecule is N#Cc1ccc(-n2ccc3ncc(C4CC4)nc32)cc1C1CCCC1.